The second-order valence-corrected chi connectivity index (χ2v) is 12.5. The molecule has 1 saturated heterocycles. The van der Waals surface area contributed by atoms with E-state index in [2.05, 4.69) is 38.8 Å². The highest BCUT2D eigenvalue weighted by molar-refractivity contribution is 6.74. The minimum Gasteiger partial charge on any atom is -0.481 e. The van der Waals surface area contributed by atoms with E-state index >= 15 is 0 Å². The Labute approximate surface area is 140 Å². The number of piperazine rings is 1. The highest BCUT2D eigenvalue weighted by atomic mass is 28.4. The number of amides is 1. The van der Waals surface area contributed by atoms with Crippen molar-refractivity contribution in [3.05, 3.63) is 0 Å². The van der Waals surface area contributed by atoms with Gasteiger partial charge < -0.3 is 14.4 Å². The molecule has 7 heteroatoms. The highest BCUT2D eigenvalue weighted by Gasteiger charge is 2.37. The molecule has 1 rings (SSSR count). The molecule has 0 aromatic heterocycles. The largest absolute Gasteiger partial charge is 0.481 e. The highest BCUT2D eigenvalue weighted by Crippen LogP contribution is 2.36. The second-order valence-electron chi connectivity index (χ2n) is 7.72. The number of rotatable bonds is 7. The Morgan fingerprint density at radius 1 is 1.09 bits per heavy atom. The molecule has 1 aliphatic rings. The van der Waals surface area contributed by atoms with E-state index in [-0.39, 0.29) is 23.8 Å². The zero-order valence-electron chi connectivity index (χ0n) is 15.2. The number of carbonyl (C=O) groups excluding carboxylic acids is 1. The Morgan fingerprint density at radius 2 is 1.65 bits per heavy atom. The lowest BCUT2D eigenvalue weighted by Crippen LogP contribution is -2.50. The van der Waals surface area contributed by atoms with Gasteiger partial charge in [-0.15, -0.1) is 0 Å². The molecule has 0 bridgehead atoms. The molecule has 0 unspecified atom stereocenters. The molecule has 1 N–H and O–H groups in total. The van der Waals surface area contributed by atoms with Crippen LogP contribution in [0.3, 0.4) is 0 Å². The Hall–Kier alpha value is -0.923. The molecule has 1 aliphatic heterocycles. The summed E-state index contributed by atoms with van der Waals surface area (Å²) in [5, 5.41) is 8.86. The molecular weight excluding hydrogens is 312 g/mol. The molecule has 0 saturated carbocycles. The van der Waals surface area contributed by atoms with Crippen molar-refractivity contribution in [1.29, 1.82) is 0 Å². The summed E-state index contributed by atoms with van der Waals surface area (Å²) in [5.41, 5.74) is 0. The molecular formula is C16H32N2O4Si. The van der Waals surface area contributed by atoms with Crippen LogP contribution in [0.4, 0.5) is 0 Å². The van der Waals surface area contributed by atoms with Crippen LogP contribution in [0.25, 0.3) is 0 Å². The average Bonchev–Trinajstić information content (AvgIpc) is 2.44. The fourth-order valence-electron chi connectivity index (χ4n) is 2.24. The third-order valence-corrected chi connectivity index (χ3v) is 9.49. The minimum absolute atomic E-state index is 0.0513. The van der Waals surface area contributed by atoms with E-state index in [9.17, 15) is 9.59 Å². The van der Waals surface area contributed by atoms with Crippen molar-refractivity contribution in [1.82, 2.24) is 9.80 Å². The Kier molecular flexibility index (Phi) is 7.22. The summed E-state index contributed by atoms with van der Waals surface area (Å²) in [6.07, 6.45) is 0.0171. The van der Waals surface area contributed by atoms with Crippen LogP contribution in [0.1, 0.15) is 33.6 Å². The van der Waals surface area contributed by atoms with Crippen molar-refractivity contribution >= 4 is 20.2 Å². The van der Waals surface area contributed by atoms with Gasteiger partial charge in [0.15, 0.2) is 8.32 Å². The molecule has 23 heavy (non-hydrogen) atoms. The van der Waals surface area contributed by atoms with Crippen LogP contribution in [0.2, 0.25) is 18.1 Å². The maximum atomic E-state index is 11.9. The maximum Gasteiger partial charge on any atom is 0.303 e. The Bertz CT molecular complexity index is 413. The van der Waals surface area contributed by atoms with E-state index < -0.39 is 14.3 Å². The third-order valence-electron chi connectivity index (χ3n) is 4.95. The van der Waals surface area contributed by atoms with E-state index in [0.717, 1.165) is 26.2 Å². The molecule has 0 radical (unpaired) electrons. The number of hydrogen-bond acceptors (Lipinski definition) is 4. The van der Waals surface area contributed by atoms with Crippen molar-refractivity contribution in [3.8, 4) is 0 Å². The zero-order valence-corrected chi connectivity index (χ0v) is 16.2. The predicted molar refractivity (Wildman–Crippen MR) is 93.0 cm³/mol. The van der Waals surface area contributed by atoms with Gasteiger partial charge in [0.1, 0.15) is 0 Å². The fourth-order valence-corrected chi connectivity index (χ4v) is 3.27. The smallest absolute Gasteiger partial charge is 0.303 e. The van der Waals surface area contributed by atoms with E-state index in [1.165, 1.54) is 0 Å². The summed E-state index contributed by atoms with van der Waals surface area (Å²) in [5.74, 6) is -0.968. The van der Waals surface area contributed by atoms with Crippen molar-refractivity contribution in [3.63, 3.8) is 0 Å². The first-order valence-corrected chi connectivity index (χ1v) is 11.3. The lowest BCUT2D eigenvalue weighted by molar-refractivity contribution is -0.141. The number of aliphatic carboxylic acids is 1. The lowest BCUT2D eigenvalue weighted by atomic mass is 10.2. The summed E-state index contributed by atoms with van der Waals surface area (Å²) < 4.78 is 6.19. The van der Waals surface area contributed by atoms with Gasteiger partial charge in [-0.05, 0) is 18.1 Å². The number of carboxylic acid groups (broad SMARTS) is 1. The predicted octanol–water partition coefficient (Wildman–Crippen LogP) is 2.02. The van der Waals surface area contributed by atoms with Crippen LogP contribution in [0.5, 0.6) is 0 Å². The van der Waals surface area contributed by atoms with Gasteiger partial charge in [-0.3, -0.25) is 14.5 Å². The average molecular weight is 345 g/mol. The van der Waals surface area contributed by atoms with Crippen LogP contribution in [0, 0.1) is 0 Å². The monoisotopic (exact) mass is 344 g/mol. The maximum absolute atomic E-state index is 11.9. The standard InChI is InChI=1S/C16H32N2O4Si/c1-16(2,3)23(4,5)22-13-12-17-8-10-18(11-9-17)14(19)6-7-15(20)21/h6-13H2,1-5H3,(H,20,21). The van der Waals surface area contributed by atoms with Crippen LogP contribution < -0.4 is 0 Å². The number of nitrogens with zero attached hydrogens (tertiary/aromatic N) is 2. The minimum atomic E-state index is -1.69. The van der Waals surface area contributed by atoms with Crippen LogP contribution in [-0.4, -0.2) is 74.4 Å². The molecule has 6 nitrogen and oxygen atoms in total. The van der Waals surface area contributed by atoms with Gasteiger partial charge in [-0.1, -0.05) is 20.8 Å². The second kappa shape index (κ2) is 8.26. The zero-order chi connectivity index (χ0) is 17.7. The normalized spacial score (nSPS) is 17.3. The molecule has 0 aromatic carbocycles. The summed E-state index contributed by atoms with van der Waals surface area (Å²) >= 11 is 0. The van der Waals surface area contributed by atoms with Gasteiger partial charge >= 0.3 is 5.97 Å². The van der Waals surface area contributed by atoms with Crippen LogP contribution in [-0.2, 0) is 14.0 Å². The van der Waals surface area contributed by atoms with E-state index in [1.807, 2.05) is 0 Å². The molecule has 0 aromatic rings. The van der Waals surface area contributed by atoms with E-state index in [0.29, 0.717) is 13.1 Å². The lowest BCUT2D eigenvalue weighted by Gasteiger charge is -2.38. The van der Waals surface area contributed by atoms with Gasteiger partial charge in [-0.25, -0.2) is 0 Å². The topological polar surface area (TPSA) is 70.1 Å². The Morgan fingerprint density at radius 3 is 2.13 bits per heavy atom. The first-order valence-electron chi connectivity index (χ1n) is 8.39. The van der Waals surface area contributed by atoms with Crippen molar-refractivity contribution in [2.45, 2.75) is 51.7 Å². The van der Waals surface area contributed by atoms with Gasteiger partial charge in [0, 0.05) is 45.8 Å². The quantitative estimate of drug-likeness (QED) is 0.716. The molecule has 0 spiro atoms. The third kappa shape index (κ3) is 6.61. The molecule has 0 aliphatic carbocycles. The summed E-state index contributed by atoms with van der Waals surface area (Å²) in [6, 6.07) is 0. The van der Waals surface area contributed by atoms with E-state index in [4.69, 9.17) is 9.53 Å². The fraction of sp³-hybridized carbons (Fsp3) is 0.875. The summed E-state index contributed by atoms with van der Waals surface area (Å²) in [4.78, 5) is 26.5. The molecule has 134 valence electrons. The van der Waals surface area contributed by atoms with Gasteiger partial charge in [0.05, 0.1) is 6.42 Å². The first kappa shape index (κ1) is 20.1. The van der Waals surface area contributed by atoms with Gasteiger partial charge in [0.2, 0.25) is 5.91 Å². The molecule has 1 amide bonds. The molecule has 1 fully saturated rings. The summed E-state index contributed by atoms with van der Waals surface area (Å²) in [6.45, 7) is 15.9. The summed E-state index contributed by atoms with van der Waals surface area (Å²) in [7, 11) is -1.69. The van der Waals surface area contributed by atoms with E-state index in [1.54, 1.807) is 4.90 Å². The van der Waals surface area contributed by atoms with Crippen molar-refractivity contribution < 1.29 is 19.1 Å². The SMILES string of the molecule is CC(C)(C)[Si](C)(C)OCCN1CCN(C(=O)CCC(=O)O)CC1. The van der Waals surface area contributed by atoms with Crippen LogP contribution in [0.15, 0.2) is 0 Å². The molecule has 1 heterocycles. The van der Waals surface area contributed by atoms with Gasteiger partial charge in [0.25, 0.3) is 0 Å². The first-order chi connectivity index (χ1) is 10.5. The number of carboxylic acids is 1. The van der Waals surface area contributed by atoms with Crippen molar-refractivity contribution in [2.75, 3.05) is 39.3 Å². The van der Waals surface area contributed by atoms with Gasteiger partial charge in [-0.2, -0.15) is 0 Å². The van der Waals surface area contributed by atoms with Crippen LogP contribution >= 0.6 is 0 Å². The molecule has 0 atom stereocenters. The number of hydrogen-bond donors (Lipinski definition) is 1. The Balaban J connectivity index is 2.27. The number of carbonyl (C=O) groups is 2. The van der Waals surface area contributed by atoms with Crippen molar-refractivity contribution in [2.24, 2.45) is 0 Å².